The van der Waals surface area contributed by atoms with Gasteiger partial charge in [0.2, 0.25) is 5.89 Å². The molecule has 0 spiro atoms. The third-order valence-electron chi connectivity index (χ3n) is 1.74. The van der Waals surface area contributed by atoms with E-state index in [0.29, 0.717) is 17.5 Å². The summed E-state index contributed by atoms with van der Waals surface area (Å²) in [5, 5.41) is 7.40. The first-order valence-corrected chi connectivity index (χ1v) is 5.50. The lowest BCUT2D eigenvalue weighted by atomic mass is 10.3. The highest BCUT2D eigenvalue weighted by Crippen LogP contribution is 2.26. The van der Waals surface area contributed by atoms with Crippen LogP contribution in [-0.4, -0.2) is 15.2 Å². The smallest absolute Gasteiger partial charge is 0.267 e. The van der Waals surface area contributed by atoms with Gasteiger partial charge in [-0.1, -0.05) is 0 Å². The molecule has 6 heteroatoms. The molecule has 0 bridgehead atoms. The third kappa shape index (κ3) is 2.18. The van der Waals surface area contributed by atoms with Crippen LogP contribution in [0.15, 0.2) is 27.2 Å². The van der Waals surface area contributed by atoms with Crippen molar-refractivity contribution in [3.63, 3.8) is 0 Å². The van der Waals surface area contributed by atoms with Gasteiger partial charge in [0.1, 0.15) is 11.1 Å². The molecular formula is C9H7BrClN3O. The molecule has 0 radical (unpaired) electrons. The van der Waals surface area contributed by atoms with Crippen molar-refractivity contribution in [1.29, 1.82) is 0 Å². The fraction of sp³-hybridized carbons (Fsp3) is 0.222. The fourth-order valence-corrected chi connectivity index (χ4v) is 1.55. The Balaban J connectivity index is 2.42. The van der Waals surface area contributed by atoms with Crippen molar-refractivity contribution in [2.24, 2.45) is 0 Å². The van der Waals surface area contributed by atoms with E-state index in [-0.39, 0.29) is 5.38 Å². The SMILES string of the molecule is CC(Cl)c1nnc(-c2ncccc2Br)o1. The first kappa shape index (κ1) is 10.6. The van der Waals surface area contributed by atoms with Gasteiger partial charge in [0.05, 0.1) is 0 Å². The van der Waals surface area contributed by atoms with E-state index < -0.39 is 0 Å². The molecule has 0 saturated heterocycles. The maximum atomic E-state index is 5.82. The van der Waals surface area contributed by atoms with Crippen molar-refractivity contribution >= 4 is 27.5 Å². The van der Waals surface area contributed by atoms with Crippen LogP contribution in [0, 0.1) is 0 Å². The van der Waals surface area contributed by atoms with Crippen molar-refractivity contribution in [3.05, 3.63) is 28.7 Å². The quantitative estimate of drug-likeness (QED) is 0.796. The third-order valence-corrected chi connectivity index (χ3v) is 2.57. The van der Waals surface area contributed by atoms with E-state index in [1.54, 1.807) is 13.1 Å². The van der Waals surface area contributed by atoms with Gasteiger partial charge < -0.3 is 4.42 Å². The Morgan fingerprint density at radius 1 is 1.47 bits per heavy atom. The van der Waals surface area contributed by atoms with Crippen LogP contribution in [0.5, 0.6) is 0 Å². The molecule has 0 saturated carbocycles. The van der Waals surface area contributed by atoms with E-state index >= 15 is 0 Å². The standard InChI is InChI=1S/C9H7BrClN3O/c1-5(11)8-13-14-9(15-8)7-6(10)3-2-4-12-7/h2-5H,1H3. The van der Waals surface area contributed by atoms with Crippen LogP contribution in [0.3, 0.4) is 0 Å². The van der Waals surface area contributed by atoms with Crippen LogP contribution in [0.25, 0.3) is 11.6 Å². The van der Waals surface area contributed by atoms with Gasteiger partial charge in [0.25, 0.3) is 5.89 Å². The van der Waals surface area contributed by atoms with Crippen molar-refractivity contribution in [2.75, 3.05) is 0 Å². The minimum absolute atomic E-state index is 0.297. The zero-order valence-electron chi connectivity index (χ0n) is 7.82. The molecule has 0 fully saturated rings. The minimum Gasteiger partial charge on any atom is -0.418 e. The molecule has 2 aromatic heterocycles. The fourth-order valence-electron chi connectivity index (χ4n) is 1.03. The summed E-state index contributed by atoms with van der Waals surface area (Å²) in [5.41, 5.74) is 0.619. The largest absolute Gasteiger partial charge is 0.418 e. The van der Waals surface area contributed by atoms with Gasteiger partial charge in [-0.05, 0) is 35.0 Å². The van der Waals surface area contributed by atoms with E-state index in [9.17, 15) is 0 Å². The summed E-state index contributed by atoms with van der Waals surface area (Å²) in [5.74, 6) is 0.759. The predicted molar refractivity (Wildman–Crippen MR) is 59.5 cm³/mol. The zero-order chi connectivity index (χ0) is 10.8. The number of alkyl halides is 1. The highest BCUT2D eigenvalue weighted by atomic mass is 79.9. The van der Waals surface area contributed by atoms with Crippen LogP contribution >= 0.6 is 27.5 Å². The van der Waals surface area contributed by atoms with E-state index in [1.807, 2.05) is 12.1 Å². The first-order chi connectivity index (χ1) is 7.18. The summed E-state index contributed by atoms with van der Waals surface area (Å²) in [6.07, 6.45) is 1.66. The molecule has 0 aromatic carbocycles. The van der Waals surface area contributed by atoms with Crippen molar-refractivity contribution in [1.82, 2.24) is 15.2 Å². The van der Waals surface area contributed by atoms with Crippen LogP contribution in [0.4, 0.5) is 0 Å². The molecular weight excluding hydrogens is 281 g/mol. The topological polar surface area (TPSA) is 51.8 Å². The number of rotatable bonds is 2. The lowest BCUT2D eigenvalue weighted by Gasteiger charge is -1.96. The summed E-state index contributed by atoms with van der Waals surface area (Å²) in [7, 11) is 0. The van der Waals surface area contributed by atoms with Crippen molar-refractivity contribution in [3.8, 4) is 11.6 Å². The number of nitrogens with zero attached hydrogens (tertiary/aromatic N) is 3. The second-order valence-electron chi connectivity index (χ2n) is 2.90. The Morgan fingerprint density at radius 2 is 2.27 bits per heavy atom. The molecule has 0 amide bonds. The molecule has 2 aromatic rings. The summed E-state index contributed by atoms with van der Waals surface area (Å²) in [6, 6.07) is 3.67. The maximum Gasteiger partial charge on any atom is 0.267 e. The average molecular weight is 289 g/mol. The molecule has 4 nitrogen and oxygen atoms in total. The Labute approximate surface area is 99.8 Å². The molecule has 78 valence electrons. The molecule has 0 aliphatic rings. The second-order valence-corrected chi connectivity index (χ2v) is 4.40. The van der Waals surface area contributed by atoms with E-state index in [2.05, 4.69) is 31.1 Å². The Kier molecular flexibility index (Phi) is 3.02. The number of hydrogen-bond acceptors (Lipinski definition) is 4. The van der Waals surface area contributed by atoms with Gasteiger partial charge in [-0.3, -0.25) is 0 Å². The van der Waals surface area contributed by atoms with Crippen molar-refractivity contribution in [2.45, 2.75) is 12.3 Å². The van der Waals surface area contributed by atoms with Crippen LogP contribution in [-0.2, 0) is 0 Å². The van der Waals surface area contributed by atoms with Gasteiger partial charge in [0.15, 0.2) is 0 Å². The number of halogens is 2. The molecule has 1 atom stereocenters. The lowest BCUT2D eigenvalue weighted by Crippen LogP contribution is -1.83. The van der Waals surface area contributed by atoms with Gasteiger partial charge >= 0.3 is 0 Å². The van der Waals surface area contributed by atoms with Gasteiger partial charge in [-0.15, -0.1) is 21.8 Å². The van der Waals surface area contributed by atoms with E-state index in [1.165, 1.54) is 0 Å². The molecule has 1 unspecified atom stereocenters. The van der Waals surface area contributed by atoms with Gasteiger partial charge in [0, 0.05) is 10.7 Å². The number of aromatic nitrogens is 3. The Morgan fingerprint density at radius 3 is 2.87 bits per heavy atom. The van der Waals surface area contributed by atoms with Crippen LogP contribution in [0.2, 0.25) is 0 Å². The van der Waals surface area contributed by atoms with Crippen LogP contribution < -0.4 is 0 Å². The Bertz CT molecular complexity index is 472. The maximum absolute atomic E-state index is 5.82. The van der Waals surface area contributed by atoms with E-state index in [4.69, 9.17) is 16.0 Å². The molecule has 0 aliphatic heterocycles. The molecule has 0 N–H and O–H groups in total. The minimum atomic E-state index is -0.297. The summed E-state index contributed by atoms with van der Waals surface area (Å²) >= 11 is 9.17. The molecule has 2 heterocycles. The first-order valence-electron chi connectivity index (χ1n) is 4.27. The molecule has 15 heavy (non-hydrogen) atoms. The second kappa shape index (κ2) is 4.28. The summed E-state index contributed by atoms with van der Waals surface area (Å²) in [6.45, 7) is 1.77. The normalized spacial score (nSPS) is 12.7. The predicted octanol–water partition coefficient (Wildman–Crippen LogP) is 3.19. The lowest BCUT2D eigenvalue weighted by molar-refractivity contribution is 0.505. The van der Waals surface area contributed by atoms with Crippen LogP contribution in [0.1, 0.15) is 18.2 Å². The Hall–Kier alpha value is -0.940. The summed E-state index contributed by atoms with van der Waals surface area (Å²) < 4.78 is 6.17. The highest BCUT2D eigenvalue weighted by Gasteiger charge is 2.15. The monoisotopic (exact) mass is 287 g/mol. The van der Waals surface area contributed by atoms with Gasteiger partial charge in [-0.2, -0.15) is 0 Å². The van der Waals surface area contributed by atoms with E-state index in [0.717, 1.165) is 4.47 Å². The molecule has 0 aliphatic carbocycles. The van der Waals surface area contributed by atoms with Gasteiger partial charge in [-0.25, -0.2) is 4.98 Å². The zero-order valence-corrected chi connectivity index (χ0v) is 10.2. The number of hydrogen-bond donors (Lipinski definition) is 0. The van der Waals surface area contributed by atoms with Crippen molar-refractivity contribution < 1.29 is 4.42 Å². The molecule has 2 rings (SSSR count). The number of pyridine rings is 1. The highest BCUT2D eigenvalue weighted by molar-refractivity contribution is 9.10. The summed E-state index contributed by atoms with van der Waals surface area (Å²) in [4.78, 5) is 4.13. The average Bonchev–Trinajstić information content (AvgIpc) is 2.67.